The maximum Gasteiger partial charge on any atom is 0.274 e. The molecule has 6 nitrogen and oxygen atoms in total. The van der Waals surface area contributed by atoms with Gasteiger partial charge in [0.2, 0.25) is 0 Å². The topological polar surface area (TPSA) is 78.9 Å². The van der Waals surface area contributed by atoms with Crippen LogP contribution in [0.3, 0.4) is 0 Å². The highest BCUT2D eigenvalue weighted by Gasteiger charge is 2.35. The van der Waals surface area contributed by atoms with Crippen molar-refractivity contribution in [3.63, 3.8) is 0 Å². The van der Waals surface area contributed by atoms with Crippen LogP contribution in [0.15, 0.2) is 36.4 Å². The van der Waals surface area contributed by atoms with E-state index in [0.29, 0.717) is 12.0 Å². The molecule has 1 heterocycles. The van der Waals surface area contributed by atoms with Gasteiger partial charge in [0.25, 0.3) is 5.91 Å². The number of anilines is 1. The second kappa shape index (κ2) is 7.87. The minimum absolute atomic E-state index is 0.405. The Morgan fingerprint density at radius 3 is 2.90 bits per heavy atom. The van der Waals surface area contributed by atoms with Crippen molar-refractivity contribution in [2.45, 2.75) is 32.1 Å². The van der Waals surface area contributed by atoms with Gasteiger partial charge >= 0.3 is 0 Å². The van der Waals surface area contributed by atoms with Crippen LogP contribution < -0.4 is 15.1 Å². The number of benzene rings is 2. The largest absolute Gasteiger partial charge is 0.491 e. The molecule has 2 aromatic carbocycles. The molecule has 2 aliphatic rings. The van der Waals surface area contributed by atoms with Crippen LogP contribution in [0.4, 0.5) is 5.69 Å². The summed E-state index contributed by atoms with van der Waals surface area (Å²) < 4.78 is 5.82. The van der Waals surface area contributed by atoms with Crippen molar-refractivity contribution in [2.24, 2.45) is 5.41 Å². The van der Waals surface area contributed by atoms with E-state index in [-0.39, 0.29) is 0 Å². The third kappa shape index (κ3) is 3.72. The second-order valence-corrected chi connectivity index (χ2v) is 8.12. The van der Waals surface area contributed by atoms with Crippen LogP contribution in [-0.2, 0) is 24.1 Å². The Bertz CT molecular complexity index is 942. The molecule has 0 fully saturated rings. The Balaban J connectivity index is 1.50. The van der Waals surface area contributed by atoms with Gasteiger partial charge in [0, 0.05) is 31.0 Å². The lowest BCUT2D eigenvalue weighted by molar-refractivity contribution is -0.117. The molecule has 0 saturated heterocycles. The summed E-state index contributed by atoms with van der Waals surface area (Å²) in [6.07, 6.45) is 4.97. The molecule has 1 aliphatic heterocycles. The molecular formula is C23H26N2O4. The number of aryl methyl sites for hydroxylation is 1. The van der Waals surface area contributed by atoms with E-state index in [1.807, 2.05) is 13.1 Å². The first-order chi connectivity index (χ1) is 14.0. The van der Waals surface area contributed by atoms with Crippen molar-refractivity contribution >= 4 is 17.9 Å². The highest BCUT2D eigenvalue weighted by molar-refractivity contribution is 5.93. The van der Waals surface area contributed by atoms with Gasteiger partial charge < -0.3 is 14.4 Å². The van der Waals surface area contributed by atoms with E-state index in [2.05, 4.69) is 23.1 Å². The SMILES string of the molecule is CN(CC[C@@]1(C=O)CCc2ccc(C(=O)NO)cc2C1)c1cccc2c1OCC2. The first-order valence-electron chi connectivity index (χ1n) is 10.0. The lowest BCUT2D eigenvalue weighted by Crippen LogP contribution is -2.35. The van der Waals surface area contributed by atoms with E-state index in [4.69, 9.17) is 9.94 Å². The molecule has 2 aromatic rings. The molecule has 29 heavy (non-hydrogen) atoms. The van der Waals surface area contributed by atoms with Crippen molar-refractivity contribution in [2.75, 3.05) is 25.1 Å². The molecule has 0 aromatic heterocycles. The van der Waals surface area contributed by atoms with Crippen LogP contribution in [0.25, 0.3) is 0 Å². The summed E-state index contributed by atoms with van der Waals surface area (Å²) >= 11 is 0. The quantitative estimate of drug-likeness (QED) is 0.447. The maximum atomic E-state index is 12.1. The predicted molar refractivity (Wildman–Crippen MR) is 110 cm³/mol. The van der Waals surface area contributed by atoms with Gasteiger partial charge in [0.05, 0.1) is 12.3 Å². The van der Waals surface area contributed by atoms with Gasteiger partial charge in [0.1, 0.15) is 12.0 Å². The zero-order valence-electron chi connectivity index (χ0n) is 16.6. The molecule has 6 heteroatoms. The van der Waals surface area contributed by atoms with Gasteiger partial charge in [-0.05, 0) is 60.6 Å². The number of ether oxygens (including phenoxy) is 1. The zero-order valence-corrected chi connectivity index (χ0v) is 16.6. The van der Waals surface area contributed by atoms with E-state index < -0.39 is 11.3 Å². The van der Waals surface area contributed by atoms with E-state index in [9.17, 15) is 9.59 Å². The minimum Gasteiger partial charge on any atom is -0.491 e. The number of para-hydroxylation sites is 1. The first kappa shape index (κ1) is 19.5. The fourth-order valence-electron chi connectivity index (χ4n) is 4.47. The number of carbonyl (C=O) groups excluding carboxylic acids is 2. The lowest BCUT2D eigenvalue weighted by atomic mass is 9.70. The van der Waals surface area contributed by atoms with Gasteiger partial charge in [-0.3, -0.25) is 10.0 Å². The third-order valence-electron chi connectivity index (χ3n) is 6.30. The summed E-state index contributed by atoms with van der Waals surface area (Å²) in [4.78, 5) is 26.1. The van der Waals surface area contributed by atoms with Gasteiger partial charge in [0.15, 0.2) is 0 Å². The van der Waals surface area contributed by atoms with Gasteiger partial charge in [-0.1, -0.05) is 18.2 Å². The molecule has 0 saturated carbocycles. The van der Waals surface area contributed by atoms with Crippen LogP contribution in [0.2, 0.25) is 0 Å². The molecule has 1 atom stereocenters. The average Bonchev–Trinajstić information content (AvgIpc) is 3.25. The van der Waals surface area contributed by atoms with Crippen molar-refractivity contribution in [3.8, 4) is 5.75 Å². The number of amides is 1. The number of nitrogens with zero attached hydrogens (tertiary/aromatic N) is 1. The van der Waals surface area contributed by atoms with Gasteiger partial charge in [-0.15, -0.1) is 0 Å². The highest BCUT2D eigenvalue weighted by atomic mass is 16.5. The third-order valence-corrected chi connectivity index (χ3v) is 6.30. The monoisotopic (exact) mass is 394 g/mol. The van der Waals surface area contributed by atoms with Crippen LogP contribution >= 0.6 is 0 Å². The Labute approximate surface area is 170 Å². The fourth-order valence-corrected chi connectivity index (χ4v) is 4.47. The zero-order chi connectivity index (χ0) is 20.4. The average molecular weight is 394 g/mol. The summed E-state index contributed by atoms with van der Waals surface area (Å²) in [5, 5.41) is 8.89. The van der Waals surface area contributed by atoms with Crippen LogP contribution in [0.1, 0.15) is 39.9 Å². The number of fused-ring (bicyclic) bond motifs is 2. The van der Waals surface area contributed by atoms with Crippen molar-refractivity contribution in [1.29, 1.82) is 0 Å². The molecule has 4 rings (SSSR count). The van der Waals surface area contributed by atoms with Gasteiger partial charge in [-0.2, -0.15) is 0 Å². The molecular weight excluding hydrogens is 368 g/mol. The number of nitrogens with one attached hydrogen (secondary N) is 1. The number of aldehydes is 1. The van der Waals surface area contributed by atoms with Crippen LogP contribution in [-0.4, -0.2) is 37.6 Å². The Kier molecular flexibility index (Phi) is 5.28. The van der Waals surface area contributed by atoms with Gasteiger partial charge in [-0.25, -0.2) is 5.48 Å². The standard InChI is InChI=1S/C23H26N2O4/c1-25(20-4-2-3-17-8-12-29-21(17)20)11-10-23(15-26)9-7-16-5-6-18(22(27)24-28)13-19(16)14-23/h2-6,13,15,28H,7-12,14H2,1H3,(H,24,27)/t23-/m0/s1. The predicted octanol–water partition coefficient (Wildman–Crippen LogP) is 2.94. The Morgan fingerprint density at radius 2 is 2.10 bits per heavy atom. The van der Waals surface area contributed by atoms with Crippen LogP contribution in [0.5, 0.6) is 5.75 Å². The smallest absolute Gasteiger partial charge is 0.274 e. The molecule has 0 radical (unpaired) electrons. The first-order valence-corrected chi connectivity index (χ1v) is 10.0. The molecule has 0 bridgehead atoms. The van der Waals surface area contributed by atoms with E-state index >= 15 is 0 Å². The molecule has 0 unspecified atom stereocenters. The highest BCUT2D eigenvalue weighted by Crippen LogP contribution is 2.39. The number of rotatable bonds is 6. The number of hydrogen-bond donors (Lipinski definition) is 2. The summed E-state index contributed by atoms with van der Waals surface area (Å²) in [6, 6.07) is 11.6. The summed E-state index contributed by atoms with van der Waals surface area (Å²) in [6.45, 7) is 1.46. The van der Waals surface area contributed by atoms with E-state index in [1.54, 1.807) is 17.6 Å². The molecule has 152 valence electrons. The van der Waals surface area contributed by atoms with E-state index in [0.717, 1.165) is 62.1 Å². The van der Waals surface area contributed by atoms with Crippen molar-refractivity contribution in [3.05, 3.63) is 58.7 Å². The lowest BCUT2D eigenvalue weighted by Gasteiger charge is -2.35. The van der Waals surface area contributed by atoms with Crippen molar-refractivity contribution < 1.29 is 19.5 Å². The van der Waals surface area contributed by atoms with Crippen molar-refractivity contribution in [1.82, 2.24) is 5.48 Å². The van der Waals surface area contributed by atoms with E-state index in [1.165, 1.54) is 11.1 Å². The van der Waals surface area contributed by atoms with Crippen LogP contribution in [0, 0.1) is 5.41 Å². The molecule has 1 aliphatic carbocycles. The fraction of sp³-hybridized carbons (Fsp3) is 0.391. The minimum atomic E-state index is -0.534. The Morgan fingerprint density at radius 1 is 1.24 bits per heavy atom. The number of carbonyl (C=O) groups is 2. The summed E-state index contributed by atoms with van der Waals surface area (Å²) in [5.41, 5.74) is 6.11. The Hall–Kier alpha value is -2.86. The summed E-state index contributed by atoms with van der Waals surface area (Å²) in [7, 11) is 2.04. The maximum absolute atomic E-state index is 12.1. The summed E-state index contributed by atoms with van der Waals surface area (Å²) in [5.74, 6) is 0.427. The second-order valence-electron chi connectivity index (χ2n) is 8.12. The molecule has 2 N–H and O–H groups in total. The number of hydrogen-bond acceptors (Lipinski definition) is 5. The molecule has 0 spiro atoms. The molecule has 1 amide bonds. The normalized spacial score (nSPS) is 19.7. The number of hydroxylamine groups is 1.